The number of benzene rings is 1. The third kappa shape index (κ3) is 4.33. The second kappa shape index (κ2) is 9.75. The number of hydrogen-bond donors (Lipinski definition) is 0. The first-order chi connectivity index (χ1) is 14.5. The molecule has 30 heavy (non-hydrogen) atoms. The van der Waals surface area contributed by atoms with Crippen LogP contribution in [0.3, 0.4) is 0 Å². The van der Waals surface area contributed by atoms with Crippen LogP contribution < -0.4 is 10.3 Å². The van der Waals surface area contributed by atoms with Crippen molar-refractivity contribution in [2.45, 2.75) is 12.5 Å². The minimum Gasteiger partial charge on any atom is -0.495 e. The topological polar surface area (TPSA) is 97.5 Å². The third-order valence-corrected chi connectivity index (χ3v) is 4.91. The second-order valence-corrected chi connectivity index (χ2v) is 6.67. The fourth-order valence-electron chi connectivity index (χ4n) is 3.09. The van der Waals surface area contributed by atoms with Gasteiger partial charge in [-0.25, -0.2) is 4.79 Å². The number of aromatic nitrogens is 4. The van der Waals surface area contributed by atoms with Crippen molar-refractivity contribution in [3.63, 3.8) is 0 Å². The highest BCUT2D eigenvalue weighted by Gasteiger charge is 2.25. The van der Waals surface area contributed by atoms with Gasteiger partial charge in [0, 0.05) is 37.3 Å². The lowest BCUT2D eigenvalue weighted by molar-refractivity contribution is -0.138. The average molecular weight is 453 g/mol. The summed E-state index contributed by atoms with van der Waals surface area (Å²) >= 11 is 11.4. The van der Waals surface area contributed by atoms with Gasteiger partial charge < -0.3 is 13.8 Å². The molecule has 1 atom stereocenters. The summed E-state index contributed by atoms with van der Waals surface area (Å²) < 4.78 is 17.7. The molecular formula is C19H18Cl2N4O5. The lowest BCUT2D eigenvalue weighted by Crippen LogP contribution is -2.30. The van der Waals surface area contributed by atoms with Crippen LogP contribution in [0.2, 0.25) is 5.28 Å². The van der Waals surface area contributed by atoms with Crippen LogP contribution in [0.1, 0.15) is 12.5 Å². The van der Waals surface area contributed by atoms with E-state index in [1.54, 1.807) is 4.57 Å². The minimum atomic E-state index is -0.972. The number of carbonyl (C=O) groups excluding carboxylic acids is 1. The van der Waals surface area contributed by atoms with E-state index in [9.17, 15) is 9.59 Å². The van der Waals surface area contributed by atoms with E-state index < -0.39 is 17.6 Å². The summed E-state index contributed by atoms with van der Waals surface area (Å²) in [4.78, 5) is 25.1. The minimum absolute atomic E-state index is 0.166. The number of methoxy groups -OCH3 is 2. The molecule has 9 nitrogen and oxygen atoms in total. The zero-order valence-electron chi connectivity index (χ0n) is 16.1. The van der Waals surface area contributed by atoms with Crippen LogP contribution in [0.15, 0.2) is 47.7 Å². The van der Waals surface area contributed by atoms with E-state index >= 15 is 0 Å². The van der Waals surface area contributed by atoms with Crippen molar-refractivity contribution in [1.29, 1.82) is 0 Å². The lowest BCUT2D eigenvalue weighted by atomic mass is 10.0. The summed E-state index contributed by atoms with van der Waals surface area (Å²) in [5, 5.41) is 7.75. The average Bonchev–Trinajstić information content (AvgIpc) is 3.20. The molecule has 0 spiro atoms. The first kappa shape index (κ1) is 21.8. The number of hydrogen-bond acceptors (Lipinski definition) is 7. The van der Waals surface area contributed by atoms with E-state index in [4.69, 9.17) is 32.9 Å². The van der Waals surface area contributed by atoms with Gasteiger partial charge in [-0.3, -0.25) is 13.9 Å². The van der Waals surface area contributed by atoms with Crippen molar-refractivity contribution in [3.8, 4) is 22.6 Å². The van der Waals surface area contributed by atoms with Crippen molar-refractivity contribution >= 4 is 29.4 Å². The Morgan fingerprint density at radius 3 is 2.63 bits per heavy atom. The van der Waals surface area contributed by atoms with Gasteiger partial charge in [-0.15, -0.1) is 10.2 Å². The maximum absolute atomic E-state index is 12.9. The van der Waals surface area contributed by atoms with Gasteiger partial charge in [0.25, 0.3) is 5.56 Å². The van der Waals surface area contributed by atoms with Gasteiger partial charge >= 0.3 is 5.97 Å². The molecule has 1 aromatic carbocycles. The van der Waals surface area contributed by atoms with Gasteiger partial charge in [-0.1, -0.05) is 18.2 Å². The van der Waals surface area contributed by atoms with Gasteiger partial charge in [0.2, 0.25) is 5.28 Å². The molecule has 0 amide bonds. The number of ether oxygens (including phenoxy) is 2. The maximum atomic E-state index is 12.9. The van der Waals surface area contributed by atoms with Crippen LogP contribution in [0, 0.1) is 0 Å². The molecule has 3 rings (SSSR count). The molecule has 0 fully saturated rings. The summed E-state index contributed by atoms with van der Waals surface area (Å²) in [7, 11) is 2.95. The van der Waals surface area contributed by atoms with E-state index in [0.29, 0.717) is 22.6 Å². The van der Waals surface area contributed by atoms with Crippen molar-refractivity contribution in [1.82, 2.24) is 19.3 Å². The number of halogens is 2. The monoisotopic (exact) mass is 452 g/mol. The summed E-state index contributed by atoms with van der Waals surface area (Å²) in [5.41, 5.74) is 1.37. The van der Waals surface area contributed by atoms with Crippen molar-refractivity contribution in [2.75, 3.05) is 20.8 Å². The summed E-state index contributed by atoms with van der Waals surface area (Å²) in [6.45, 7) is 0.224. The molecule has 11 heteroatoms. The molecule has 0 radical (unpaired) electrons. The zero-order valence-corrected chi connectivity index (χ0v) is 17.6. The first-order valence-corrected chi connectivity index (χ1v) is 9.47. The van der Waals surface area contributed by atoms with Crippen LogP contribution in [0.5, 0.6) is 5.75 Å². The second-order valence-electron chi connectivity index (χ2n) is 6.18. The molecule has 0 saturated carbocycles. The Kier molecular flexibility index (Phi) is 7.09. The maximum Gasteiger partial charge on any atom is 0.347 e. The van der Waals surface area contributed by atoms with Gasteiger partial charge in [0.1, 0.15) is 30.0 Å². The Hall–Kier alpha value is -2.88. The molecule has 0 aliphatic heterocycles. The molecule has 2 heterocycles. The Bertz CT molecular complexity index is 1100. The van der Waals surface area contributed by atoms with Crippen LogP contribution >= 0.6 is 23.5 Å². The van der Waals surface area contributed by atoms with Crippen molar-refractivity contribution in [3.05, 3.63) is 58.5 Å². The molecule has 2 aromatic heterocycles. The Morgan fingerprint density at radius 2 is 2.00 bits per heavy atom. The van der Waals surface area contributed by atoms with Crippen molar-refractivity contribution in [2.24, 2.45) is 0 Å². The van der Waals surface area contributed by atoms with E-state index in [1.165, 1.54) is 37.4 Å². The fourth-order valence-corrected chi connectivity index (χ4v) is 3.37. The number of pyridine rings is 1. The molecule has 0 aliphatic rings. The molecule has 1 unspecified atom stereocenters. The Balaban J connectivity index is 2.16. The van der Waals surface area contributed by atoms with Gasteiger partial charge in [0.05, 0.1) is 19.0 Å². The molecule has 0 N–H and O–H groups in total. The van der Waals surface area contributed by atoms with Gasteiger partial charge in [-0.05, 0) is 17.7 Å². The number of rotatable bonds is 8. The quantitative estimate of drug-likeness (QED) is 0.517. The largest absolute Gasteiger partial charge is 0.495 e. The van der Waals surface area contributed by atoms with Crippen molar-refractivity contribution < 1.29 is 18.6 Å². The molecule has 0 saturated heterocycles. The number of para-hydroxylation sites is 1. The SMILES string of the molecule is COCCC(C(=O)OCl)n1cc(OC)c(-c2ccccc2-n2cnnc2Cl)cc1=O. The first-order valence-electron chi connectivity index (χ1n) is 8.78. The highest BCUT2D eigenvalue weighted by molar-refractivity contribution is 6.28. The van der Waals surface area contributed by atoms with E-state index in [-0.39, 0.29) is 18.3 Å². The zero-order chi connectivity index (χ0) is 21.7. The Morgan fingerprint density at radius 1 is 1.23 bits per heavy atom. The summed E-state index contributed by atoms with van der Waals surface area (Å²) in [6, 6.07) is 7.65. The lowest BCUT2D eigenvalue weighted by Gasteiger charge is -2.19. The molecule has 3 aromatic rings. The van der Waals surface area contributed by atoms with E-state index in [2.05, 4.69) is 14.5 Å². The van der Waals surface area contributed by atoms with E-state index in [1.807, 2.05) is 24.3 Å². The smallest absolute Gasteiger partial charge is 0.347 e. The summed E-state index contributed by atoms with van der Waals surface area (Å²) in [6.07, 6.45) is 3.10. The third-order valence-electron chi connectivity index (χ3n) is 4.50. The standard InChI is InChI=1S/C19H18Cl2N4O5/c1-28-8-7-15(18(27)30-21)24-10-16(29-2)13(9-17(24)26)12-5-3-4-6-14(12)25-11-22-23-19(25)20/h3-6,9-11,15H,7-8H2,1-2H3. The van der Waals surface area contributed by atoms with Crippen LogP contribution in [-0.4, -0.2) is 46.1 Å². The highest BCUT2D eigenvalue weighted by atomic mass is 35.5. The molecule has 0 aliphatic carbocycles. The van der Waals surface area contributed by atoms with E-state index in [0.717, 1.165) is 0 Å². The predicted octanol–water partition coefficient (Wildman–Crippen LogP) is 3.03. The molecular weight excluding hydrogens is 435 g/mol. The van der Waals surface area contributed by atoms with Gasteiger partial charge in [0.15, 0.2) is 0 Å². The normalized spacial score (nSPS) is 11.9. The molecule has 0 bridgehead atoms. The molecule has 158 valence electrons. The fraction of sp³-hybridized carbons (Fsp3) is 0.263. The highest BCUT2D eigenvalue weighted by Crippen LogP contribution is 2.34. The van der Waals surface area contributed by atoms with Gasteiger partial charge in [-0.2, -0.15) is 0 Å². The number of carbonyl (C=O) groups is 1. The number of nitrogens with zero attached hydrogens (tertiary/aromatic N) is 4. The van der Waals surface area contributed by atoms with Crippen LogP contribution in [0.4, 0.5) is 0 Å². The van der Waals surface area contributed by atoms with Crippen LogP contribution in [-0.2, 0) is 13.8 Å². The van der Waals surface area contributed by atoms with Crippen LogP contribution in [0.25, 0.3) is 16.8 Å². The Labute approximate surface area is 181 Å². The summed E-state index contributed by atoms with van der Waals surface area (Å²) in [5.74, 6) is -0.418. The predicted molar refractivity (Wildman–Crippen MR) is 110 cm³/mol.